The van der Waals surface area contributed by atoms with E-state index in [1.807, 2.05) is 22.9 Å². The minimum absolute atomic E-state index is 0. The Bertz CT molecular complexity index is 949. The molecule has 1 aromatic heterocycles. The van der Waals surface area contributed by atoms with Crippen molar-refractivity contribution in [2.45, 2.75) is 38.8 Å². The smallest absolute Gasteiger partial charge is 0.338 e. The van der Waals surface area contributed by atoms with Gasteiger partial charge in [-0.3, -0.25) is 0 Å². The Balaban J connectivity index is 0.00000300. The predicted molar refractivity (Wildman–Crippen MR) is 119 cm³/mol. The molecular weight excluding hydrogens is 431 g/mol. The van der Waals surface area contributed by atoms with Crippen molar-refractivity contribution in [3.05, 3.63) is 87.9 Å². The van der Waals surface area contributed by atoms with Gasteiger partial charge in [0.05, 0.1) is 18.4 Å². The van der Waals surface area contributed by atoms with Crippen LogP contribution >= 0.6 is 35.6 Å². The second-order valence-corrected chi connectivity index (χ2v) is 8.49. The van der Waals surface area contributed by atoms with Crippen molar-refractivity contribution in [1.29, 1.82) is 0 Å². The number of imidazole rings is 1. The number of ether oxygens (including phenoxy) is 1. The molecular formula is C22H23Cl3N2O2. The molecule has 0 saturated carbocycles. The number of hydrogen-bond donors (Lipinski definition) is 0. The van der Waals surface area contributed by atoms with Crippen molar-refractivity contribution in [1.82, 2.24) is 9.55 Å². The van der Waals surface area contributed by atoms with Crippen LogP contribution in [0, 0.1) is 0 Å². The van der Waals surface area contributed by atoms with E-state index in [1.165, 1.54) is 0 Å². The molecule has 1 atom stereocenters. The van der Waals surface area contributed by atoms with Gasteiger partial charge in [-0.15, -0.1) is 12.4 Å². The predicted octanol–water partition coefficient (Wildman–Crippen LogP) is 6.51. The summed E-state index contributed by atoms with van der Waals surface area (Å²) in [5, 5.41) is 0.979. The van der Waals surface area contributed by atoms with E-state index in [2.05, 4.69) is 25.8 Å². The van der Waals surface area contributed by atoms with Crippen molar-refractivity contribution in [2.24, 2.45) is 0 Å². The van der Waals surface area contributed by atoms with Crippen LogP contribution in [0.3, 0.4) is 0 Å². The fraction of sp³-hybridized carbons (Fsp3) is 0.273. The summed E-state index contributed by atoms with van der Waals surface area (Å²) < 4.78 is 7.67. The quantitative estimate of drug-likeness (QED) is 0.414. The lowest BCUT2D eigenvalue weighted by Crippen LogP contribution is -2.17. The number of aromatic nitrogens is 2. The van der Waals surface area contributed by atoms with Crippen molar-refractivity contribution in [2.75, 3.05) is 0 Å². The molecule has 3 rings (SSSR count). The molecule has 0 radical (unpaired) electrons. The third kappa shape index (κ3) is 5.99. The third-order valence-corrected chi connectivity index (χ3v) is 5.04. The van der Waals surface area contributed by atoms with Gasteiger partial charge in [-0.05, 0) is 35.2 Å². The Morgan fingerprint density at radius 2 is 1.83 bits per heavy atom. The molecule has 0 saturated heterocycles. The standard InChI is InChI=1S/C22H22Cl2N2O2.ClH/c1-22(2,3)16-6-4-15(5-7-16)21(27)28-20(13-26-11-10-25-14-26)18-9-8-17(23)12-19(18)24;/h4-12,14,20H,13H2,1-3H3;1H. The summed E-state index contributed by atoms with van der Waals surface area (Å²) in [7, 11) is 0. The van der Waals surface area contributed by atoms with Gasteiger partial charge in [-0.1, -0.05) is 62.2 Å². The molecule has 0 bridgehead atoms. The van der Waals surface area contributed by atoms with Crippen LogP contribution in [0.25, 0.3) is 0 Å². The topological polar surface area (TPSA) is 44.1 Å². The van der Waals surface area contributed by atoms with Gasteiger partial charge in [0.1, 0.15) is 6.10 Å². The lowest BCUT2D eigenvalue weighted by molar-refractivity contribution is 0.0255. The van der Waals surface area contributed by atoms with Crippen LogP contribution in [0.15, 0.2) is 61.2 Å². The van der Waals surface area contributed by atoms with Crippen LogP contribution in [0.5, 0.6) is 0 Å². The van der Waals surface area contributed by atoms with Gasteiger partial charge in [0.25, 0.3) is 0 Å². The molecule has 1 heterocycles. The van der Waals surface area contributed by atoms with E-state index < -0.39 is 12.1 Å². The molecule has 3 aromatic rings. The highest BCUT2D eigenvalue weighted by Crippen LogP contribution is 2.31. The van der Waals surface area contributed by atoms with E-state index in [4.69, 9.17) is 27.9 Å². The van der Waals surface area contributed by atoms with Gasteiger partial charge in [0, 0.05) is 28.0 Å². The molecule has 154 valence electrons. The van der Waals surface area contributed by atoms with Gasteiger partial charge in [0.15, 0.2) is 0 Å². The number of carbonyl (C=O) groups excluding carboxylic acids is 1. The fourth-order valence-corrected chi connectivity index (χ4v) is 3.38. The Morgan fingerprint density at radius 1 is 1.14 bits per heavy atom. The third-order valence-electron chi connectivity index (χ3n) is 4.48. The van der Waals surface area contributed by atoms with Gasteiger partial charge < -0.3 is 9.30 Å². The van der Waals surface area contributed by atoms with Gasteiger partial charge in [0.2, 0.25) is 0 Å². The Hall–Kier alpha value is -2.01. The summed E-state index contributed by atoms with van der Waals surface area (Å²) in [5.74, 6) is -0.406. The lowest BCUT2D eigenvalue weighted by Gasteiger charge is -2.21. The molecule has 0 spiro atoms. The summed E-state index contributed by atoms with van der Waals surface area (Å²) in [5.41, 5.74) is 2.36. The van der Waals surface area contributed by atoms with E-state index in [1.54, 1.807) is 42.9 Å². The number of halogens is 3. The lowest BCUT2D eigenvalue weighted by atomic mass is 9.87. The molecule has 7 heteroatoms. The summed E-state index contributed by atoms with van der Waals surface area (Å²) in [6.45, 7) is 6.78. The first-order chi connectivity index (χ1) is 13.2. The van der Waals surface area contributed by atoms with Crippen molar-refractivity contribution in [3.8, 4) is 0 Å². The van der Waals surface area contributed by atoms with Crippen LogP contribution in [0.2, 0.25) is 10.0 Å². The van der Waals surface area contributed by atoms with Crippen LogP contribution in [-0.2, 0) is 16.7 Å². The number of hydrogen-bond acceptors (Lipinski definition) is 3. The number of esters is 1. The van der Waals surface area contributed by atoms with Crippen LogP contribution in [0.1, 0.15) is 48.4 Å². The monoisotopic (exact) mass is 452 g/mol. The van der Waals surface area contributed by atoms with E-state index >= 15 is 0 Å². The molecule has 0 N–H and O–H groups in total. The van der Waals surface area contributed by atoms with Crippen LogP contribution < -0.4 is 0 Å². The first-order valence-electron chi connectivity index (χ1n) is 8.96. The highest BCUT2D eigenvalue weighted by Gasteiger charge is 2.22. The Labute approximate surface area is 187 Å². The largest absolute Gasteiger partial charge is 0.452 e. The van der Waals surface area contributed by atoms with Crippen LogP contribution in [0.4, 0.5) is 0 Å². The Morgan fingerprint density at radius 3 is 2.38 bits per heavy atom. The molecule has 2 aromatic carbocycles. The molecule has 1 unspecified atom stereocenters. The zero-order valence-electron chi connectivity index (χ0n) is 16.4. The van der Waals surface area contributed by atoms with E-state index in [-0.39, 0.29) is 17.8 Å². The Kier molecular flexibility index (Phi) is 7.75. The van der Waals surface area contributed by atoms with Crippen molar-refractivity contribution in [3.63, 3.8) is 0 Å². The highest BCUT2D eigenvalue weighted by atomic mass is 35.5. The summed E-state index contributed by atoms with van der Waals surface area (Å²) in [6, 6.07) is 12.7. The number of benzene rings is 2. The van der Waals surface area contributed by atoms with E-state index in [0.29, 0.717) is 27.7 Å². The average molecular weight is 454 g/mol. The molecule has 0 amide bonds. The van der Waals surface area contributed by atoms with Crippen molar-refractivity contribution >= 4 is 41.6 Å². The molecule has 0 fully saturated rings. The normalized spacial score (nSPS) is 12.2. The SMILES string of the molecule is CC(C)(C)c1ccc(C(=O)OC(Cn2ccnc2)c2ccc(Cl)cc2Cl)cc1.Cl. The molecule has 0 aliphatic heterocycles. The van der Waals surface area contributed by atoms with Gasteiger partial charge in [-0.2, -0.15) is 0 Å². The van der Waals surface area contributed by atoms with Gasteiger partial charge in [-0.25, -0.2) is 9.78 Å². The summed E-state index contributed by atoms with van der Waals surface area (Å²) in [4.78, 5) is 16.8. The summed E-state index contributed by atoms with van der Waals surface area (Å²) >= 11 is 12.4. The first kappa shape index (κ1) is 23.3. The molecule has 0 aliphatic rings. The minimum Gasteiger partial charge on any atom is -0.452 e. The van der Waals surface area contributed by atoms with Crippen molar-refractivity contribution < 1.29 is 9.53 Å². The average Bonchev–Trinajstić information content (AvgIpc) is 3.13. The number of carbonyl (C=O) groups is 1. The second-order valence-electron chi connectivity index (χ2n) is 7.65. The van der Waals surface area contributed by atoms with Gasteiger partial charge >= 0.3 is 5.97 Å². The maximum absolute atomic E-state index is 12.8. The number of rotatable bonds is 5. The molecule has 0 aliphatic carbocycles. The fourth-order valence-electron chi connectivity index (χ4n) is 2.85. The van der Waals surface area contributed by atoms with Crippen LogP contribution in [-0.4, -0.2) is 15.5 Å². The maximum atomic E-state index is 12.8. The zero-order chi connectivity index (χ0) is 20.3. The highest BCUT2D eigenvalue weighted by molar-refractivity contribution is 6.35. The molecule has 4 nitrogen and oxygen atoms in total. The van der Waals surface area contributed by atoms with E-state index in [0.717, 1.165) is 5.56 Å². The summed E-state index contributed by atoms with van der Waals surface area (Å²) in [6.07, 6.45) is 4.58. The number of nitrogens with zero attached hydrogens (tertiary/aromatic N) is 2. The van der Waals surface area contributed by atoms with E-state index in [9.17, 15) is 4.79 Å². The second kappa shape index (κ2) is 9.66. The zero-order valence-corrected chi connectivity index (χ0v) is 18.8. The first-order valence-corrected chi connectivity index (χ1v) is 9.72. The maximum Gasteiger partial charge on any atom is 0.338 e. The minimum atomic E-state index is -0.575. The molecule has 29 heavy (non-hydrogen) atoms.